The van der Waals surface area contributed by atoms with E-state index in [4.69, 9.17) is 9.47 Å². The van der Waals surface area contributed by atoms with Gasteiger partial charge in [0.05, 0.1) is 7.11 Å². The molecule has 0 aliphatic carbocycles. The number of ether oxygens (including phenoxy) is 2. The Morgan fingerprint density at radius 3 is 2.77 bits per heavy atom. The fourth-order valence-corrected chi connectivity index (χ4v) is 2.04. The highest BCUT2D eigenvalue weighted by Gasteiger charge is 2.24. The molecule has 0 spiro atoms. The Bertz CT molecular complexity index is 796. The van der Waals surface area contributed by atoms with E-state index in [0.717, 1.165) is 5.56 Å². The summed E-state index contributed by atoms with van der Waals surface area (Å²) in [4.78, 5) is 16.0. The van der Waals surface area contributed by atoms with Crippen LogP contribution in [-0.2, 0) is 9.53 Å². The first-order chi connectivity index (χ1) is 10.7. The molecule has 3 rings (SSSR count). The molecular weight excluding hydrogens is 285 g/mol. The molecule has 4 nitrogen and oxygen atoms in total. The number of benzene rings is 2. The monoisotopic (exact) mass is 297 g/mol. The van der Waals surface area contributed by atoms with E-state index >= 15 is 0 Å². The van der Waals surface area contributed by atoms with Gasteiger partial charge in [0.1, 0.15) is 11.6 Å². The van der Waals surface area contributed by atoms with Gasteiger partial charge in [-0.25, -0.2) is 14.2 Å². The third kappa shape index (κ3) is 2.88. The predicted molar refractivity (Wildman–Crippen MR) is 80.0 cm³/mol. The van der Waals surface area contributed by atoms with Crippen molar-refractivity contribution in [1.82, 2.24) is 0 Å². The molecule has 2 aromatic rings. The Labute approximate surface area is 126 Å². The summed E-state index contributed by atoms with van der Waals surface area (Å²) in [5.74, 6) is -0.211. The standard InChI is InChI=1S/C17H12FNO3/c1-21-14-7-2-4-11(8-14)9-15-17(20)22-16(19-15)12-5-3-6-13(18)10-12/h2-10H,1H3. The third-order valence-corrected chi connectivity index (χ3v) is 3.09. The maximum Gasteiger partial charge on any atom is 0.363 e. The number of nitrogens with zero attached hydrogens (tertiary/aromatic N) is 1. The van der Waals surface area contributed by atoms with Crippen LogP contribution in [0.1, 0.15) is 11.1 Å². The first-order valence-corrected chi connectivity index (χ1v) is 6.58. The number of carbonyl (C=O) groups excluding carboxylic acids is 1. The van der Waals surface area contributed by atoms with Crippen molar-refractivity contribution >= 4 is 17.9 Å². The van der Waals surface area contributed by atoms with E-state index < -0.39 is 11.8 Å². The van der Waals surface area contributed by atoms with Gasteiger partial charge in [-0.05, 0) is 42.0 Å². The summed E-state index contributed by atoms with van der Waals surface area (Å²) in [6.07, 6.45) is 1.59. The second kappa shape index (κ2) is 5.81. The number of esters is 1. The van der Waals surface area contributed by atoms with Gasteiger partial charge in [0.2, 0.25) is 5.90 Å². The minimum absolute atomic E-state index is 0.0960. The minimum atomic E-state index is -0.568. The van der Waals surface area contributed by atoms with E-state index in [9.17, 15) is 9.18 Å². The van der Waals surface area contributed by atoms with E-state index in [1.54, 1.807) is 31.4 Å². The lowest BCUT2D eigenvalue weighted by atomic mass is 10.2. The number of hydrogen-bond acceptors (Lipinski definition) is 4. The van der Waals surface area contributed by atoms with Crippen LogP contribution in [0.5, 0.6) is 5.75 Å². The molecule has 5 heteroatoms. The van der Waals surface area contributed by atoms with Crippen LogP contribution in [0.15, 0.2) is 59.2 Å². The Morgan fingerprint density at radius 1 is 1.18 bits per heavy atom. The van der Waals surface area contributed by atoms with Gasteiger partial charge in [-0.2, -0.15) is 0 Å². The summed E-state index contributed by atoms with van der Waals surface area (Å²) in [6, 6.07) is 12.9. The zero-order chi connectivity index (χ0) is 15.5. The lowest BCUT2D eigenvalue weighted by molar-refractivity contribution is -0.129. The van der Waals surface area contributed by atoms with Crippen molar-refractivity contribution in [1.29, 1.82) is 0 Å². The van der Waals surface area contributed by atoms with Crippen LogP contribution in [-0.4, -0.2) is 19.0 Å². The molecule has 0 radical (unpaired) electrons. The first kappa shape index (κ1) is 14.0. The van der Waals surface area contributed by atoms with E-state index in [1.165, 1.54) is 18.2 Å². The van der Waals surface area contributed by atoms with E-state index in [0.29, 0.717) is 11.3 Å². The average molecular weight is 297 g/mol. The highest BCUT2D eigenvalue weighted by molar-refractivity contribution is 6.12. The largest absolute Gasteiger partial charge is 0.497 e. The molecule has 0 aromatic heterocycles. The maximum absolute atomic E-state index is 13.2. The normalized spacial score (nSPS) is 15.6. The summed E-state index contributed by atoms with van der Waals surface area (Å²) >= 11 is 0. The smallest absolute Gasteiger partial charge is 0.363 e. The van der Waals surface area contributed by atoms with Crippen molar-refractivity contribution in [2.24, 2.45) is 4.99 Å². The minimum Gasteiger partial charge on any atom is -0.497 e. The number of methoxy groups -OCH3 is 1. The van der Waals surface area contributed by atoms with Crippen LogP contribution in [0, 0.1) is 5.82 Å². The summed E-state index contributed by atoms with van der Waals surface area (Å²) in [5.41, 5.74) is 1.34. The van der Waals surface area contributed by atoms with E-state index in [-0.39, 0.29) is 11.6 Å². The topological polar surface area (TPSA) is 47.9 Å². The molecule has 1 heterocycles. The molecule has 110 valence electrons. The van der Waals surface area contributed by atoms with Gasteiger partial charge < -0.3 is 9.47 Å². The number of hydrogen-bond donors (Lipinski definition) is 0. The zero-order valence-electron chi connectivity index (χ0n) is 11.7. The van der Waals surface area contributed by atoms with Crippen LogP contribution in [0.3, 0.4) is 0 Å². The molecule has 0 N–H and O–H groups in total. The number of aliphatic imine (C=N–C) groups is 1. The van der Waals surface area contributed by atoms with Gasteiger partial charge in [0.15, 0.2) is 5.70 Å². The van der Waals surface area contributed by atoms with Gasteiger partial charge in [-0.3, -0.25) is 0 Å². The molecular formula is C17H12FNO3. The van der Waals surface area contributed by atoms with E-state index in [1.807, 2.05) is 12.1 Å². The van der Waals surface area contributed by atoms with Crippen molar-refractivity contribution in [3.8, 4) is 5.75 Å². The molecule has 0 fully saturated rings. The molecule has 0 amide bonds. The van der Waals surface area contributed by atoms with E-state index in [2.05, 4.69) is 4.99 Å². The predicted octanol–water partition coefficient (Wildman–Crippen LogP) is 3.18. The Balaban J connectivity index is 1.94. The Morgan fingerprint density at radius 2 is 2.00 bits per heavy atom. The van der Waals surface area contributed by atoms with Gasteiger partial charge in [-0.15, -0.1) is 0 Å². The van der Waals surface area contributed by atoms with Crippen LogP contribution < -0.4 is 4.74 Å². The summed E-state index contributed by atoms with van der Waals surface area (Å²) < 4.78 is 23.4. The molecule has 22 heavy (non-hydrogen) atoms. The van der Waals surface area contributed by atoms with Gasteiger partial charge in [0, 0.05) is 5.56 Å². The molecule has 0 saturated heterocycles. The second-order valence-corrected chi connectivity index (χ2v) is 4.62. The van der Waals surface area contributed by atoms with Gasteiger partial charge >= 0.3 is 5.97 Å². The maximum atomic E-state index is 13.2. The molecule has 0 bridgehead atoms. The van der Waals surface area contributed by atoms with Crippen molar-refractivity contribution in [2.45, 2.75) is 0 Å². The van der Waals surface area contributed by atoms with Crippen LogP contribution in [0.25, 0.3) is 6.08 Å². The lowest BCUT2D eigenvalue weighted by Crippen LogP contribution is -2.05. The quantitative estimate of drug-likeness (QED) is 0.646. The fourth-order valence-electron chi connectivity index (χ4n) is 2.04. The van der Waals surface area contributed by atoms with Crippen LogP contribution in [0.4, 0.5) is 4.39 Å². The summed E-state index contributed by atoms with van der Waals surface area (Å²) in [5, 5.41) is 0. The number of cyclic esters (lactones) is 1. The first-order valence-electron chi connectivity index (χ1n) is 6.58. The number of halogens is 1. The van der Waals surface area contributed by atoms with Crippen LogP contribution >= 0.6 is 0 Å². The highest BCUT2D eigenvalue weighted by Crippen LogP contribution is 2.21. The lowest BCUT2D eigenvalue weighted by Gasteiger charge is -2.00. The summed E-state index contributed by atoms with van der Waals surface area (Å²) in [6.45, 7) is 0. The molecule has 2 aromatic carbocycles. The number of carbonyl (C=O) groups is 1. The molecule has 0 atom stereocenters. The Kier molecular flexibility index (Phi) is 3.70. The van der Waals surface area contributed by atoms with Crippen molar-refractivity contribution in [3.63, 3.8) is 0 Å². The van der Waals surface area contributed by atoms with Crippen molar-refractivity contribution < 1.29 is 18.7 Å². The molecule has 1 aliphatic heterocycles. The van der Waals surface area contributed by atoms with Gasteiger partial charge in [-0.1, -0.05) is 18.2 Å². The third-order valence-electron chi connectivity index (χ3n) is 3.09. The van der Waals surface area contributed by atoms with Crippen molar-refractivity contribution in [2.75, 3.05) is 7.11 Å². The van der Waals surface area contributed by atoms with Gasteiger partial charge in [0.25, 0.3) is 0 Å². The average Bonchev–Trinajstić information content (AvgIpc) is 2.89. The summed E-state index contributed by atoms with van der Waals surface area (Å²) in [7, 11) is 1.57. The SMILES string of the molecule is COc1cccc(C=C2N=C(c3cccc(F)c3)OC2=O)c1. The second-order valence-electron chi connectivity index (χ2n) is 4.62. The molecule has 0 unspecified atom stereocenters. The molecule has 1 aliphatic rings. The fraction of sp³-hybridized carbons (Fsp3) is 0.0588. The highest BCUT2D eigenvalue weighted by atomic mass is 19.1. The Hall–Kier alpha value is -2.95. The zero-order valence-corrected chi connectivity index (χ0v) is 11.7. The van der Waals surface area contributed by atoms with Crippen molar-refractivity contribution in [3.05, 3.63) is 71.2 Å². The molecule has 0 saturated carbocycles. The number of rotatable bonds is 3. The van der Waals surface area contributed by atoms with Crippen LogP contribution in [0.2, 0.25) is 0 Å².